The molecule has 1 amide bonds. The van der Waals surface area contributed by atoms with Gasteiger partial charge in [-0.1, -0.05) is 41.4 Å². The van der Waals surface area contributed by atoms with Crippen molar-refractivity contribution in [3.8, 4) is 0 Å². The molecule has 2 N–H and O–H groups in total. The fourth-order valence-electron chi connectivity index (χ4n) is 2.00. The number of carboxylic acids is 1. The summed E-state index contributed by atoms with van der Waals surface area (Å²) in [6.07, 6.45) is -0.397. The Morgan fingerprint density at radius 3 is 2.21 bits per heavy atom. The molecular weight excluding hydrogens is 353 g/mol. The Kier molecular flexibility index (Phi) is 5.95. The molecule has 0 radical (unpaired) electrons. The molecule has 2 rings (SSSR count). The molecule has 0 saturated carbocycles. The van der Waals surface area contributed by atoms with Crippen molar-refractivity contribution in [2.75, 3.05) is 0 Å². The number of aliphatic carboxylic acids is 1. The van der Waals surface area contributed by atoms with Crippen molar-refractivity contribution < 1.29 is 19.5 Å². The normalized spacial score (nSPS) is 11.6. The van der Waals surface area contributed by atoms with Crippen LogP contribution in [0.2, 0.25) is 10.0 Å². The van der Waals surface area contributed by atoms with Crippen molar-refractivity contribution >= 4 is 40.9 Å². The van der Waals surface area contributed by atoms with E-state index in [4.69, 9.17) is 23.2 Å². The third-order valence-corrected chi connectivity index (χ3v) is 4.01. The Morgan fingerprint density at radius 2 is 1.62 bits per heavy atom. The van der Waals surface area contributed by atoms with Gasteiger partial charge in [0.1, 0.15) is 6.04 Å². The number of hydrogen-bond donors (Lipinski definition) is 2. The highest BCUT2D eigenvalue weighted by Crippen LogP contribution is 2.23. The molecule has 0 spiro atoms. The minimum atomic E-state index is -1.35. The molecule has 0 unspecified atom stereocenters. The maximum absolute atomic E-state index is 12.2. The highest BCUT2D eigenvalue weighted by atomic mass is 35.5. The third kappa shape index (κ3) is 4.57. The van der Waals surface area contributed by atoms with Gasteiger partial charge in [0.05, 0.1) is 10.0 Å². The van der Waals surface area contributed by atoms with Crippen LogP contribution in [0.15, 0.2) is 48.5 Å². The van der Waals surface area contributed by atoms with E-state index in [0.29, 0.717) is 10.6 Å². The van der Waals surface area contributed by atoms with Crippen molar-refractivity contribution in [1.82, 2.24) is 5.32 Å². The van der Waals surface area contributed by atoms with Crippen molar-refractivity contribution in [3.05, 3.63) is 69.7 Å². The van der Waals surface area contributed by atoms with Crippen molar-refractivity contribution in [1.29, 1.82) is 0 Å². The SMILES string of the molecule is O=C(C[C@@H](NC(=O)c1ccccc1)C(=O)O)c1ccc(Cl)c(Cl)c1. The molecule has 0 heterocycles. The van der Waals surface area contributed by atoms with E-state index < -0.39 is 30.1 Å². The molecule has 2 aromatic carbocycles. The quantitative estimate of drug-likeness (QED) is 0.767. The number of carbonyl (C=O) groups excluding carboxylic acids is 2. The lowest BCUT2D eigenvalue weighted by atomic mass is 10.0. The van der Waals surface area contributed by atoms with Crippen LogP contribution >= 0.6 is 23.2 Å². The highest BCUT2D eigenvalue weighted by molar-refractivity contribution is 6.42. The van der Waals surface area contributed by atoms with Gasteiger partial charge in [0.2, 0.25) is 0 Å². The summed E-state index contributed by atoms with van der Waals surface area (Å²) >= 11 is 11.6. The third-order valence-electron chi connectivity index (χ3n) is 3.27. The molecule has 0 saturated heterocycles. The first-order valence-electron chi connectivity index (χ1n) is 6.95. The first-order chi connectivity index (χ1) is 11.4. The van der Waals surface area contributed by atoms with E-state index in [1.165, 1.54) is 18.2 Å². The van der Waals surface area contributed by atoms with Gasteiger partial charge in [-0.2, -0.15) is 0 Å². The molecule has 0 aliphatic heterocycles. The lowest BCUT2D eigenvalue weighted by Gasteiger charge is -2.14. The molecule has 24 heavy (non-hydrogen) atoms. The fourth-order valence-corrected chi connectivity index (χ4v) is 2.30. The summed E-state index contributed by atoms with van der Waals surface area (Å²) in [5.41, 5.74) is 0.537. The second kappa shape index (κ2) is 7.95. The van der Waals surface area contributed by atoms with E-state index >= 15 is 0 Å². The van der Waals surface area contributed by atoms with Gasteiger partial charge in [-0.05, 0) is 30.3 Å². The second-order valence-corrected chi connectivity index (χ2v) is 5.80. The number of ketones is 1. The topological polar surface area (TPSA) is 83.5 Å². The number of benzene rings is 2. The molecule has 0 bridgehead atoms. The summed E-state index contributed by atoms with van der Waals surface area (Å²) in [5.74, 6) is -2.33. The average molecular weight is 366 g/mol. The predicted octanol–water partition coefficient (Wildman–Crippen LogP) is 3.45. The predicted molar refractivity (Wildman–Crippen MR) is 90.7 cm³/mol. The number of Topliss-reactive ketones (excluding diaryl/α,β-unsaturated/α-hetero) is 1. The minimum Gasteiger partial charge on any atom is -0.480 e. The number of rotatable bonds is 6. The van der Waals surface area contributed by atoms with Gasteiger partial charge < -0.3 is 10.4 Å². The van der Waals surface area contributed by atoms with Gasteiger partial charge in [-0.25, -0.2) is 4.79 Å². The fraction of sp³-hybridized carbons (Fsp3) is 0.118. The van der Waals surface area contributed by atoms with E-state index in [0.717, 1.165) is 0 Å². The lowest BCUT2D eigenvalue weighted by Crippen LogP contribution is -2.42. The first kappa shape index (κ1) is 18.0. The number of nitrogens with one attached hydrogen (secondary N) is 1. The van der Waals surface area contributed by atoms with Gasteiger partial charge >= 0.3 is 5.97 Å². The Hall–Kier alpha value is -2.37. The number of hydrogen-bond acceptors (Lipinski definition) is 3. The number of carboxylic acid groups (broad SMARTS) is 1. The van der Waals surface area contributed by atoms with E-state index in [9.17, 15) is 19.5 Å². The Morgan fingerprint density at radius 1 is 0.958 bits per heavy atom. The van der Waals surface area contributed by atoms with E-state index in [2.05, 4.69) is 5.32 Å². The molecule has 0 fully saturated rings. The molecule has 2 aromatic rings. The zero-order valence-corrected chi connectivity index (χ0v) is 13.8. The summed E-state index contributed by atoms with van der Waals surface area (Å²) in [6, 6.07) is 11.1. The lowest BCUT2D eigenvalue weighted by molar-refractivity contribution is -0.139. The van der Waals surface area contributed by atoms with Crippen LogP contribution in [0.1, 0.15) is 27.1 Å². The minimum absolute atomic E-state index is 0.197. The molecule has 124 valence electrons. The van der Waals surface area contributed by atoms with Gasteiger partial charge in [0.15, 0.2) is 5.78 Å². The van der Waals surface area contributed by atoms with Crippen LogP contribution in [0.5, 0.6) is 0 Å². The van der Waals surface area contributed by atoms with Gasteiger partial charge in [0.25, 0.3) is 5.91 Å². The summed E-state index contributed by atoms with van der Waals surface area (Å²) < 4.78 is 0. The van der Waals surface area contributed by atoms with Crippen LogP contribution in [0.4, 0.5) is 0 Å². The Bertz CT molecular complexity index is 777. The van der Waals surface area contributed by atoms with Crippen molar-refractivity contribution in [3.63, 3.8) is 0 Å². The van der Waals surface area contributed by atoms with Crippen LogP contribution in [0, 0.1) is 0 Å². The highest BCUT2D eigenvalue weighted by Gasteiger charge is 2.24. The molecule has 0 aromatic heterocycles. The zero-order chi connectivity index (χ0) is 17.7. The smallest absolute Gasteiger partial charge is 0.326 e. The standard InChI is InChI=1S/C17H13Cl2NO4/c18-12-7-6-11(8-13(12)19)15(21)9-14(17(23)24)20-16(22)10-4-2-1-3-5-10/h1-8,14H,9H2,(H,20,22)(H,23,24)/t14-/m1/s1. The molecule has 1 atom stereocenters. The summed E-state index contributed by atoms with van der Waals surface area (Å²) in [4.78, 5) is 35.6. The Balaban J connectivity index is 2.10. The van der Waals surface area contributed by atoms with Gasteiger partial charge in [-0.3, -0.25) is 9.59 Å². The maximum Gasteiger partial charge on any atom is 0.326 e. The molecule has 5 nitrogen and oxygen atoms in total. The van der Waals surface area contributed by atoms with Gasteiger partial charge in [0, 0.05) is 17.5 Å². The van der Waals surface area contributed by atoms with Crippen LogP contribution < -0.4 is 5.32 Å². The maximum atomic E-state index is 12.2. The number of halogens is 2. The van der Waals surface area contributed by atoms with Crippen molar-refractivity contribution in [2.45, 2.75) is 12.5 Å². The molecular formula is C17H13Cl2NO4. The largest absolute Gasteiger partial charge is 0.480 e. The zero-order valence-electron chi connectivity index (χ0n) is 12.3. The Labute approximate surface area is 148 Å². The second-order valence-electron chi connectivity index (χ2n) is 4.99. The van der Waals surface area contributed by atoms with Crippen LogP contribution in [-0.2, 0) is 4.79 Å². The summed E-state index contributed by atoms with van der Waals surface area (Å²) in [5, 5.41) is 12.1. The van der Waals surface area contributed by atoms with Crippen LogP contribution in [0.3, 0.4) is 0 Å². The summed E-state index contributed by atoms with van der Waals surface area (Å²) in [6.45, 7) is 0. The number of carbonyl (C=O) groups is 3. The van der Waals surface area contributed by atoms with Crippen molar-refractivity contribution in [2.24, 2.45) is 0 Å². The van der Waals surface area contributed by atoms with Crippen LogP contribution in [-0.4, -0.2) is 28.8 Å². The van der Waals surface area contributed by atoms with E-state index in [1.54, 1.807) is 30.3 Å². The average Bonchev–Trinajstić information content (AvgIpc) is 2.57. The number of amides is 1. The van der Waals surface area contributed by atoms with Crippen LogP contribution in [0.25, 0.3) is 0 Å². The van der Waals surface area contributed by atoms with Gasteiger partial charge in [-0.15, -0.1) is 0 Å². The van der Waals surface area contributed by atoms with E-state index in [-0.39, 0.29) is 10.6 Å². The monoisotopic (exact) mass is 365 g/mol. The molecule has 0 aliphatic rings. The van der Waals surface area contributed by atoms with E-state index in [1.807, 2.05) is 0 Å². The first-order valence-corrected chi connectivity index (χ1v) is 7.71. The molecule has 0 aliphatic carbocycles. The summed E-state index contributed by atoms with van der Waals surface area (Å²) in [7, 11) is 0. The molecule has 7 heteroatoms.